The van der Waals surface area contributed by atoms with Gasteiger partial charge in [0.15, 0.2) is 9.03 Å². The molecule has 5 unspecified atom stereocenters. The molecule has 1 aromatic rings. The van der Waals surface area contributed by atoms with Crippen molar-refractivity contribution >= 4 is 27.0 Å². The van der Waals surface area contributed by atoms with Crippen LogP contribution >= 0.6 is 9.03 Å². The van der Waals surface area contributed by atoms with Gasteiger partial charge in [0.1, 0.15) is 12.3 Å². The molecule has 4 fully saturated rings. The molecule has 12 atom stereocenters. The van der Waals surface area contributed by atoms with Crippen LogP contribution in [0.5, 0.6) is 0 Å². The van der Waals surface area contributed by atoms with Gasteiger partial charge in [0.2, 0.25) is 5.91 Å². The molecule has 5 aliphatic rings. The molecule has 3 saturated carbocycles. The van der Waals surface area contributed by atoms with Crippen molar-refractivity contribution in [1.82, 2.24) is 14.9 Å². The van der Waals surface area contributed by atoms with Gasteiger partial charge in [-0.1, -0.05) is 72.5 Å². The number of aromatic amines is 1. The Morgan fingerprint density at radius 2 is 1.93 bits per heavy atom. The molecule has 1 amide bonds. The molecule has 1 aromatic heterocycles. The second kappa shape index (κ2) is 20.8. The Kier molecular flexibility index (Phi) is 16.1. The first kappa shape index (κ1) is 46.4. The second-order valence-electron chi connectivity index (χ2n) is 19.4. The third kappa shape index (κ3) is 10.7. The van der Waals surface area contributed by atoms with Crippen molar-refractivity contribution in [2.45, 2.75) is 169 Å². The summed E-state index contributed by atoms with van der Waals surface area (Å²) in [7, 11) is -0.263. The third-order valence-electron chi connectivity index (χ3n) is 15.3. The molecule has 60 heavy (non-hydrogen) atoms. The van der Waals surface area contributed by atoms with E-state index in [1.807, 2.05) is 13.0 Å². The smallest absolute Gasteiger partial charge is 0.330 e. The number of nitrogens with zero attached hydrogens (tertiary/aromatic N) is 2. The van der Waals surface area contributed by atoms with E-state index in [1.54, 1.807) is 0 Å². The SMILES string of the molecule is CC[C@H]1O[C@@H](n2cc(/C=C/C(=O)NCCCC(=O)O[C@H]3CC[C@@]4(C)C(=CCC5C4CC[C@@]4(C)C5CC[C@@H]4[C@H](C)CCCC(C)C)C3)c(=O)[nH]c2=O)CC1OPOCCC#N. The predicted molar refractivity (Wildman–Crippen MR) is 234 cm³/mol. The Balaban J connectivity index is 0.933. The minimum Gasteiger partial charge on any atom is -0.462 e. The maximum absolute atomic E-state index is 13.0. The number of rotatable bonds is 19. The second-order valence-corrected chi connectivity index (χ2v) is 20.1. The van der Waals surface area contributed by atoms with Crippen molar-refractivity contribution in [2.75, 3.05) is 13.2 Å². The van der Waals surface area contributed by atoms with E-state index >= 15 is 0 Å². The lowest BCUT2D eigenvalue weighted by molar-refractivity contribution is -0.151. The van der Waals surface area contributed by atoms with Crippen LogP contribution in [0.1, 0.15) is 156 Å². The fourth-order valence-electron chi connectivity index (χ4n) is 12.1. The molecule has 0 radical (unpaired) electrons. The Morgan fingerprint density at radius 1 is 1.12 bits per heavy atom. The Labute approximate surface area is 358 Å². The Bertz CT molecular complexity index is 1870. The average Bonchev–Trinajstić information content (AvgIpc) is 3.79. The van der Waals surface area contributed by atoms with Gasteiger partial charge in [0.25, 0.3) is 5.56 Å². The van der Waals surface area contributed by atoms with E-state index in [4.69, 9.17) is 23.8 Å². The summed E-state index contributed by atoms with van der Waals surface area (Å²) in [4.78, 5) is 53.3. The van der Waals surface area contributed by atoms with Crippen LogP contribution in [0.4, 0.5) is 0 Å². The Morgan fingerprint density at radius 3 is 2.70 bits per heavy atom. The highest BCUT2D eigenvalue weighted by atomic mass is 31.1. The summed E-state index contributed by atoms with van der Waals surface area (Å²) in [5.41, 5.74) is 1.05. The molecule has 12 nitrogen and oxygen atoms in total. The number of fused-ring (bicyclic) bond motifs is 5. The van der Waals surface area contributed by atoms with Crippen LogP contribution in [0.25, 0.3) is 6.08 Å². The Hall–Kier alpha value is -3.10. The number of allylic oxidation sites excluding steroid dienone is 1. The van der Waals surface area contributed by atoms with Gasteiger partial charge in [-0.05, 0) is 110 Å². The summed E-state index contributed by atoms with van der Waals surface area (Å²) in [6, 6.07) is 2.01. The zero-order valence-electron chi connectivity index (χ0n) is 37.0. The number of hydrogen-bond acceptors (Lipinski definition) is 9. The lowest BCUT2D eigenvalue weighted by atomic mass is 9.47. The summed E-state index contributed by atoms with van der Waals surface area (Å²) >= 11 is 0. The van der Waals surface area contributed by atoms with Gasteiger partial charge >= 0.3 is 11.7 Å². The number of carbonyl (C=O) groups excluding carboxylic acids is 2. The molecule has 2 N–H and O–H groups in total. The highest BCUT2D eigenvalue weighted by Crippen LogP contribution is 2.67. The fourth-order valence-corrected chi connectivity index (χ4v) is 12.7. The summed E-state index contributed by atoms with van der Waals surface area (Å²) < 4.78 is 24.6. The van der Waals surface area contributed by atoms with E-state index in [-0.39, 0.29) is 70.3 Å². The van der Waals surface area contributed by atoms with E-state index in [2.05, 4.69) is 51.0 Å². The first-order valence-electron chi connectivity index (χ1n) is 23.0. The highest BCUT2D eigenvalue weighted by Gasteiger charge is 2.59. The van der Waals surface area contributed by atoms with Crippen LogP contribution in [0.15, 0.2) is 33.5 Å². The molecule has 332 valence electrons. The third-order valence-corrected chi connectivity index (χ3v) is 16.0. The van der Waals surface area contributed by atoms with E-state index in [1.165, 1.54) is 79.9 Å². The van der Waals surface area contributed by atoms with Crippen molar-refractivity contribution < 1.29 is 28.1 Å². The largest absolute Gasteiger partial charge is 0.462 e. The molecular formula is C47H71N4O8P. The highest BCUT2D eigenvalue weighted by molar-refractivity contribution is 7.26. The van der Waals surface area contributed by atoms with Crippen molar-refractivity contribution in [2.24, 2.45) is 46.3 Å². The van der Waals surface area contributed by atoms with Crippen LogP contribution in [-0.2, 0) is 28.1 Å². The molecule has 2 heterocycles. The quantitative estimate of drug-likeness (QED) is 0.0455. The molecule has 0 aromatic carbocycles. The number of esters is 1. The van der Waals surface area contributed by atoms with Crippen molar-refractivity contribution in [1.29, 1.82) is 5.26 Å². The zero-order chi connectivity index (χ0) is 43.0. The number of aromatic nitrogens is 2. The van der Waals surface area contributed by atoms with Gasteiger partial charge in [0.05, 0.1) is 36.9 Å². The van der Waals surface area contributed by atoms with Crippen LogP contribution in [-0.4, -0.2) is 52.9 Å². The van der Waals surface area contributed by atoms with Crippen molar-refractivity contribution in [3.63, 3.8) is 0 Å². The predicted octanol–water partition coefficient (Wildman–Crippen LogP) is 8.92. The normalized spacial score (nSPS) is 33.0. The molecule has 0 bridgehead atoms. The van der Waals surface area contributed by atoms with E-state index in [0.717, 1.165) is 54.8 Å². The van der Waals surface area contributed by atoms with E-state index in [0.29, 0.717) is 24.7 Å². The van der Waals surface area contributed by atoms with Crippen molar-refractivity contribution in [3.05, 3.63) is 50.3 Å². The van der Waals surface area contributed by atoms with Crippen LogP contribution in [0.3, 0.4) is 0 Å². The summed E-state index contributed by atoms with van der Waals surface area (Å²) in [5.74, 6) is 4.12. The molecule has 0 spiro atoms. The summed E-state index contributed by atoms with van der Waals surface area (Å²) in [6.07, 6.45) is 20.6. The van der Waals surface area contributed by atoms with Crippen LogP contribution in [0, 0.1) is 57.7 Å². The number of nitriles is 1. The molecule has 13 heteroatoms. The van der Waals surface area contributed by atoms with Crippen LogP contribution in [0.2, 0.25) is 0 Å². The first-order valence-corrected chi connectivity index (χ1v) is 23.8. The van der Waals surface area contributed by atoms with Gasteiger partial charge < -0.3 is 23.8 Å². The van der Waals surface area contributed by atoms with E-state index in [9.17, 15) is 19.2 Å². The molecule has 4 aliphatic carbocycles. The number of nitrogens with one attached hydrogen (secondary N) is 2. The molecule has 6 rings (SSSR count). The number of H-pyrrole nitrogens is 1. The topological polar surface area (TPSA) is 162 Å². The van der Waals surface area contributed by atoms with E-state index < -0.39 is 23.4 Å². The minimum absolute atomic E-state index is 0.0980. The zero-order valence-corrected chi connectivity index (χ0v) is 38.0. The summed E-state index contributed by atoms with van der Waals surface area (Å²) in [5, 5.41) is 11.5. The summed E-state index contributed by atoms with van der Waals surface area (Å²) in [6.45, 7) is 14.9. The van der Waals surface area contributed by atoms with Crippen LogP contribution < -0.4 is 16.6 Å². The van der Waals surface area contributed by atoms with Gasteiger partial charge in [-0.2, -0.15) is 5.26 Å². The van der Waals surface area contributed by atoms with Crippen molar-refractivity contribution in [3.8, 4) is 6.07 Å². The number of hydrogen-bond donors (Lipinski definition) is 2. The monoisotopic (exact) mass is 851 g/mol. The van der Waals surface area contributed by atoms with Gasteiger partial charge in [-0.3, -0.25) is 23.9 Å². The number of carbonyl (C=O) groups is 2. The fraction of sp³-hybridized carbons (Fsp3) is 0.766. The van der Waals surface area contributed by atoms with Gasteiger partial charge in [0, 0.05) is 38.1 Å². The van der Waals surface area contributed by atoms with Gasteiger partial charge in [-0.15, -0.1) is 0 Å². The maximum Gasteiger partial charge on any atom is 0.330 e. The van der Waals surface area contributed by atoms with Gasteiger partial charge in [-0.25, -0.2) is 4.79 Å². The lowest BCUT2D eigenvalue weighted by Crippen LogP contribution is -2.51. The first-order chi connectivity index (χ1) is 28.8. The number of amides is 1. The standard InChI is InChI=1S/C47H71N4O8P/c1-7-39-40(59-60-56-26-10-24-48)28-42(58-39)51-29-32(44(54)50-45(51)55)14-19-41(52)49-25-9-13-43(53)57-34-20-22-46(5)33(27-34)15-16-35-37-18-17-36(31(4)12-8-11-30(2)3)47(37,6)23-21-38(35)46/h14-15,19,29-31,34-40,42,60H,7-13,16-18,20-23,25-28H2,1-6H3,(H,49,52)(H,50,54,55)/b19-14+/t31-,34+,35?,36-,37?,38?,39-,40?,42-,46+,47-/m1/s1. The average molecular weight is 851 g/mol. The molecular weight excluding hydrogens is 780 g/mol. The number of ether oxygens (including phenoxy) is 2. The minimum atomic E-state index is -0.675. The lowest BCUT2D eigenvalue weighted by Gasteiger charge is -2.58. The molecule has 1 saturated heterocycles. The maximum atomic E-state index is 13.0. The molecule has 1 aliphatic heterocycles.